The maximum atomic E-state index is 12.7. The fourth-order valence-corrected chi connectivity index (χ4v) is 3.56. The van der Waals surface area contributed by atoms with Crippen LogP contribution >= 0.6 is 35.3 Å². The number of carbonyl (C=O) groups excluding carboxylic acids is 1. The lowest BCUT2D eigenvalue weighted by atomic mass is 10.3. The SMILES string of the molecule is CN(C)CCCN(C(=O)c1ccno1)c1nc2ccc(Cl)cc2s1.Cl. The predicted molar refractivity (Wildman–Crippen MR) is 103 cm³/mol. The zero-order chi connectivity index (χ0) is 17.1. The van der Waals surface area contributed by atoms with Crippen LogP contribution in [-0.2, 0) is 0 Å². The monoisotopic (exact) mass is 400 g/mol. The number of carbonyl (C=O) groups is 1. The molecule has 0 saturated heterocycles. The van der Waals surface area contributed by atoms with Crippen molar-refractivity contribution < 1.29 is 9.32 Å². The molecule has 2 heterocycles. The molecule has 0 atom stereocenters. The second-order valence-electron chi connectivity index (χ2n) is 5.60. The fourth-order valence-electron chi connectivity index (χ4n) is 2.29. The molecule has 0 unspecified atom stereocenters. The molecule has 1 aromatic carbocycles. The Labute approximate surface area is 160 Å². The van der Waals surface area contributed by atoms with Crippen LogP contribution in [0.5, 0.6) is 0 Å². The number of fused-ring (bicyclic) bond motifs is 1. The fraction of sp³-hybridized carbons (Fsp3) is 0.312. The van der Waals surface area contributed by atoms with E-state index in [9.17, 15) is 4.79 Å². The summed E-state index contributed by atoms with van der Waals surface area (Å²) in [4.78, 5) is 21.0. The molecule has 0 radical (unpaired) electrons. The largest absolute Gasteiger partial charge is 0.351 e. The van der Waals surface area contributed by atoms with Crippen molar-refractivity contribution in [3.8, 4) is 0 Å². The molecule has 25 heavy (non-hydrogen) atoms. The standard InChI is InChI=1S/C16H17ClN4O2S.ClH/c1-20(2)8-3-9-21(15(22)13-6-7-18-23-13)16-19-12-5-4-11(17)10-14(12)24-16;/h4-7,10H,3,8-9H2,1-2H3;1H. The molecule has 0 fully saturated rings. The number of nitrogens with zero attached hydrogens (tertiary/aromatic N) is 4. The summed E-state index contributed by atoms with van der Waals surface area (Å²) in [6.45, 7) is 1.42. The van der Waals surface area contributed by atoms with Gasteiger partial charge in [0.25, 0.3) is 5.91 Å². The van der Waals surface area contributed by atoms with Crippen molar-refractivity contribution in [3.05, 3.63) is 41.2 Å². The van der Waals surface area contributed by atoms with Crippen LogP contribution in [0.3, 0.4) is 0 Å². The van der Waals surface area contributed by atoms with Gasteiger partial charge in [0, 0.05) is 17.6 Å². The number of amides is 1. The maximum Gasteiger partial charge on any atom is 0.298 e. The highest BCUT2D eigenvalue weighted by atomic mass is 35.5. The summed E-state index contributed by atoms with van der Waals surface area (Å²) in [6.07, 6.45) is 2.28. The number of thiazole rings is 1. The van der Waals surface area contributed by atoms with Crippen LogP contribution in [0.15, 0.2) is 35.0 Å². The maximum absolute atomic E-state index is 12.7. The minimum Gasteiger partial charge on any atom is -0.351 e. The summed E-state index contributed by atoms with van der Waals surface area (Å²) in [7, 11) is 4.00. The second kappa shape index (κ2) is 8.62. The third-order valence-corrected chi connectivity index (χ3v) is 4.73. The number of anilines is 1. The minimum atomic E-state index is -0.239. The van der Waals surface area contributed by atoms with Gasteiger partial charge in [-0.15, -0.1) is 12.4 Å². The summed E-state index contributed by atoms with van der Waals surface area (Å²) >= 11 is 7.48. The van der Waals surface area contributed by atoms with Crippen LogP contribution in [0.1, 0.15) is 17.0 Å². The van der Waals surface area contributed by atoms with Gasteiger partial charge in [-0.25, -0.2) is 4.98 Å². The van der Waals surface area contributed by atoms with Gasteiger partial charge in [0.1, 0.15) is 0 Å². The molecule has 0 bridgehead atoms. The van der Waals surface area contributed by atoms with Crippen molar-refractivity contribution in [3.63, 3.8) is 0 Å². The highest BCUT2D eigenvalue weighted by Gasteiger charge is 2.23. The zero-order valence-corrected chi connectivity index (χ0v) is 16.2. The first-order valence-corrected chi connectivity index (χ1v) is 8.67. The number of rotatable bonds is 6. The van der Waals surface area contributed by atoms with Gasteiger partial charge in [0.05, 0.1) is 16.4 Å². The third-order valence-electron chi connectivity index (χ3n) is 3.45. The lowest BCUT2D eigenvalue weighted by Gasteiger charge is -2.19. The van der Waals surface area contributed by atoms with Crippen LogP contribution in [0.25, 0.3) is 10.2 Å². The lowest BCUT2D eigenvalue weighted by Crippen LogP contribution is -2.33. The average molecular weight is 401 g/mol. The molecule has 0 spiro atoms. The number of hydrogen-bond donors (Lipinski definition) is 0. The molecule has 0 aliphatic rings. The van der Waals surface area contributed by atoms with Gasteiger partial charge in [-0.2, -0.15) is 0 Å². The van der Waals surface area contributed by atoms with Gasteiger partial charge < -0.3 is 9.42 Å². The number of hydrogen-bond acceptors (Lipinski definition) is 6. The van der Waals surface area contributed by atoms with Crippen molar-refractivity contribution in [1.29, 1.82) is 0 Å². The molecule has 1 amide bonds. The van der Waals surface area contributed by atoms with Crippen LogP contribution in [0.2, 0.25) is 5.02 Å². The first-order chi connectivity index (χ1) is 11.5. The van der Waals surface area contributed by atoms with Crippen molar-refractivity contribution >= 4 is 56.6 Å². The van der Waals surface area contributed by atoms with Gasteiger partial charge in [0.15, 0.2) is 5.13 Å². The molecule has 0 saturated carbocycles. The van der Waals surface area contributed by atoms with Crippen molar-refractivity contribution in [1.82, 2.24) is 15.0 Å². The van der Waals surface area contributed by atoms with E-state index in [2.05, 4.69) is 15.0 Å². The second-order valence-corrected chi connectivity index (χ2v) is 7.04. The van der Waals surface area contributed by atoms with Crippen LogP contribution in [0, 0.1) is 0 Å². The van der Waals surface area contributed by atoms with E-state index in [-0.39, 0.29) is 24.1 Å². The van der Waals surface area contributed by atoms with Crippen LogP contribution < -0.4 is 4.90 Å². The van der Waals surface area contributed by atoms with E-state index in [0.29, 0.717) is 16.7 Å². The average Bonchev–Trinajstić information content (AvgIpc) is 3.19. The smallest absolute Gasteiger partial charge is 0.298 e. The first-order valence-electron chi connectivity index (χ1n) is 7.48. The molecule has 0 aliphatic heterocycles. The molecule has 134 valence electrons. The Balaban J connectivity index is 0.00000225. The number of aromatic nitrogens is 2. The highest BCUT2D eigenvalue weighted by molar-refractivity contribution is 7.22. The molecule has 2 aromatic heterocycles. The predicted octanol–water partition coefficient (Wildman–Crippen LogP) is 3.96. The molecular weight excluding hydrogens is 383 g/mol. The van der Waals surface area contributed by atoms with Gasteiger partial charge in [-0.1, -0.05) is 28.1 Å². The van der Waals surface area contributed by atoms with E-state index in [0.717, 1.165) is 23.2 Å². The van der Waals surface area contributed by atoms with E-state index in [1.165, 1.54) is 17.5 Å². The Morgan fingerprint density at radius 1 is 1.28 bits per heavy atom. The molecule has 9 heteroatoms. The molecule has 3 aromatic rings. The van der Waals surface area contributed by atoms with E-state index >= 15 is 0 Å². The quantitative estimate of drug-likeness (QED) is 0.626. The van der Waals surface area contributed by atoms with Gasteiger partial charge in [-0.3, -0.25) is 9.69 Å². The molecule has 0 N–H and O–H groups in total. The summed E-state index contributed by atoms with van der Waals surface area (Å²) in [5.74, 6) is -0.0337. The Morgan fingerprint density at radius 2 is 2.08 bits per heavy atom. The van der Waals surface area contributed by atoms with E-state index in [1.54, 1.807) is 17.0 Å². The molecular formula is C16H18Cl2N4O2S. The third kappa shape index (κ3) is 4.70. The lowest BCUT2D eigenvalue weighted by molar-refractivity contribution is 0.0950. The normalized spacial score (nSPS) is 10.9. The minimum absolute atomic E-state index is 0. The highest BCUT2D eigenvalue weighted by Crippen LogP contribution is 2.31. The molecule has 0 aliphatic carbocycles. The van der Waals surface area contributed by atoms with Crippen molar-refractivity contribution in [2.24, 2.45) is 0 Å². The van der Waals surface area contributed by atoms with Gasteiger partial charge in [0.2, 0.25) is 5.76 Å². The summed E-state index contributed by atoms with van der Waals surface area (Å²) in [5.41, 5.74) is 0.822. The molecule has 6 nitrogen and oxygen atoms in total. The summed E-state index contributed by atoms with van der Waals surface area (Å²) in [5, 5.41) is 4.90. The van der Waals surface area contributed by atoms with Crippen LogP contribution in [-0.4, -0.2) is 48.1 Å². The van der Waals surface area contributed by atoms with Crippen molar-refractivity contribution in [2.45, 2.75) is 6.42 Å². The van der Waals surface area contributed by atoms with Crippen LogP contribution in [0.4, 0.5) is 5.13 Å². The molecule has 3 rings (SSSR count). The Bertz CT molecular complexity index is 836. The topological polar surface area (TPSA) is 62.5 Å². The Morgan fingerprint density at radius 3 is 2.76 bits per heavy atom. The number of halogens is 2. The van der Waals surface area contributed by atoms with Crippen molar-refractivity contribution in [2.75, 3.05) is 32.1 Å². The Kier molecular flexibility index (Phi) is 6.78. The van der Waals surface area contributed by atoms with Gasteiger partial charge >= 0.3 is 0 Å². The first kappa shape index (κ1) is 19.7. The van der Waals surface area contributed by atoms with E-state index in [1.807, 2.05) is 26.2 Å². The van der Waals surface area contributed by atoms with E-state index < -0.39 is 0 Å². The summed E-state index contributed by atoms with van der Waals surface area (Å²) < 4.78 is 5.97. The van der Waals surface area contributed by atoms with Gasteiger partial charge in [-0.05, 0) is 45.3 Å². The Hall–Kier alpha value is -1.67. The van der Waals surface area contributed by atoms with E-state index in [4.69, 9.17) is 16.1 Å². The zero-order valence-electron chi connectivity index (χ0n) is 13.8. The summed E-state index contributed by atoms with van der Waals surface area (Å²) in [6, 6.07) is 7.07. The number of benzene rings is 1.